The molecule has 1 N–H and O–H groups in total. The largest absolute Gasteiger partial charge is 0.324 e. The molecule has 0 fully saturated rings. The van der Waals surface area contributed by atoms with Crippen LogP contribution in [0.25, 0.3) is 11.1 Å². The number of rotatable bonds is 6. The summed E-state index contributed by atoms with van der Waals surface area (Å²) in [7, 11) is 0. The van der Waals surface area contributed by atoms with E-state index in [-0.39, 0.29) is 6.42 Å². The van der Waals surface area contributed by atoms with Crippen molar-refractivity contribution in [1.82, 2.24) is 4.90 Å². The molecule has 1 aliphatic heterocycles. The van der Waals surface area contributed by atoms with Gasteiger partial charge in [0.2, 0.25) is 5.91 Å². The van der Waals surface area contributed by atoms with Crippen molar-refractivity contribution in [2.45, 2.75) is 12.5 Å². The van der Waals surface area contributed by atoms with Crippen LogP contribution in [0.2, 0.25) is 0 Å². The molecule has 0 aromatic heterocycles. The van der Waals surface area contributed by atoms with Crippen LogP contribution in [0, 0.1) is 0 Å². The molecule has 5 heteroatoms. The molecule has 0 spiro atoms. The van der Waals surface area contributed by atoms with Crippen molar-refractivity contribution < 1.29 is 14.4 Å². The molecule has 0 bridgehead atoms. The molecule has 34 heavy (non-hydrogen) atoms. The smallest absolute Gasteiger partial charge is 0.262 e. The van der Waals surface area contributed by atoms with Crippen LogP contribution in [-0.2, 0) is 11.2 Å². The lowest BCUT2D eigenvalue weighted by Crippen LogP contribution is -2.48. The highest BCUT2D eigenvalue weighted by Gasteiger charge is 2.42. The third-order valence-corrected chi connectivity index (χ3v) is 5.97. The second kappa shape index (κ2) is 9.16. The molecule has 0 saturated carbocycles. The summed E-state index contributed by atoms with van der Waals surface area (Å²) in [5, 5.41) is 2.90. The Morgan fingerprint density at radius 3 is 1.74 bits per heavy atom. The molecular formula is C29H22N2O3. The summed E-state index contributed by atoms with van der Waals surface area (Å²) in [5.41, 5.74) is 4.21. The van der Waals surface area contributed by atoms with Crippen LogP contribution >= 0.6 is 0 Å². The number of nitrogens with one attached hydrogen (secondary N) is 1. The van der Waals surface area contributed by atoms with Gasteiger partial charge in [-0.15, -0.1) is 0 Å². The summed E-state index contributed by atoms with van der Waals surface area (Å²) in [6, 6.07) is 32.5. The molecule has 1 atom stereocenters. The minimum absolute atomic E-state index is 0.222. The number of fused-ring (bicyclic) bond motifs is 1. The van der Waals surface area contributed by atoms with Gasteiger partial charge in [0.25, 0.3) is 11.8 Å². The first-order valence-corrected chi connectivity index (χ1v) is 11.1. The standard InChI is InChI=1S/C29H22N2O3/c32-27(30-23-17-15-22(16-18-23)21-11-5-2-6-12-21)26(19-20-9-3-1-4-10-20)31-28(33)24-13-7-8-14-25(24)29(31)34/h1-18,26H,19H2,(H,30,32)/t26-/m1/s1. The van der Waals surface area contributed by atoms with Gasteiger partial charge in [0, 0.05) is 12.1 Å². The maximum Gasteiger partial charge on any atom is 0.262 e. The predicted molar refractivity (Wildman–Crippen MR) is 131 cm³/mol. The highest BCUT2D eigenvalue weighted by molar-refractivity contribution is 6.23. The lowest BCUT2D eigenvalue weighted by molar-refractivity contribution is -0.119. The molecule has 5 rings (SSSR count). The van der Waals surface area contributed by atoms with Crippen LogP contribution in [-0.4, -0.2) is 28.7 Å². The number of hydrogen-bond donors (Lipinski definition) is 1. The van der Waals surface area contributed by atoms with E-state index in [2.05, 4.69) is 5.32 Å². The average Bonchev–Trinajstić information content (AvgIpc) is 3.14. The van der Waals surface area contributed by atoms with E-state index in [4.69, 9.17) is 0 Å². The molecular weight excluding hydrogens is 424 g/mol. The summed E-state index contributed by atoms with van der Waals surface area (Å²) in [6.45, 7) is 0. The molecule has 166 valence electrons. The molecule has 3 amide bonds. The monoisotopic (exact) mass is 446 g/mol. The van der Waals surface area contributed by atoms with E-state index < -0.39 is 23.8 Å². The molecule has 5 nitrogen and oxygen atoms in total. The van der Waals surface area contributed by atoms with Gasteiger partial charge < -0.3 is 5.32 Å². The van der Waals surface area contributed by atoms with Crippen molar-refractivity contribution in [2.24, 2.45) is 0 Å². The Labute approximate surface area is 197 Å². The highest BCUT2D eigenvalue weighted by atomic mass is 16.2. The second-order valence-electron chi connectivity index (χ2n) is 8.16. The first-order chi connectivity index (χ1) is 16.6. The molecule has 0 unspecified atom stereocenters. The average molecular weight is 447 g/mol. The van der Waals surface area contributed by atoms with E-state index in [1.807, 2.05) is 84.9 Å². The SMILES string of the molecule is O=C(Nc1ccc(-c2ccccc2)cc1)[C@@H](Cc1ccccc1)N1C(=O)c2ccccc2C1=O. The molecule has 4 aromatic rings. The number of carbonyl (C=O) groups is 3. The van der Waals surface area contributed by atoms with E-state index in [0.29, 0.717) is 16.8 Å². The Morgan fingerprint density at radius 2 is 1.15 bits per heavy atom. The van der Waals surface area contributed by atoms with E-state index in [1.165, 1.54) is 0 Å². The zero-order valence-electron chi connectivity index (χ0n) is 18.3. The quantitative estimate of drug-likeness (QED) is 0.414. The van der Waals surface area contributed by atoms with Gasteiger partial charge in [-0.1, -0.05) is 84.9 Å². The zero-order valence-corrected chi connectivity index (χ0v) is 18.3. The van der Waals surface area contributed by atoms with Crippen molar-refractivity contribution in [3.8, 4) is 11.1 Å². The third kappa shape index (κ3) is 4.11. The molecule has 0 radical (unpaired) electrons. The molecule has 1 heterocycles. The van der Waals surface area contributed by atoms with E-state index in [1.54, 1.807) is 24.3 Å². The molecule has 1 aliphatic rings. The number of anilines is 1. The predicted octanol–water partition coefficient (Wildman–Crippen LogP) is 5.20. The van der Waals surface area contributed by atoms with Crippen LogP contribution in [0.1, 0.15) is 26.3 Å². The van der Waals surface area contributed by atoms with Gasteiger partial charge in [0.15, 0.2) is 0 Å². The fraction of sp³-hybridized carbons (Fsp3) is 0.0690. The fourth-order valence-corrected chi connectivity index (χ4v) is 4.23. The minimum atomic E-state index is -0.983. The van der Waals surface area contributed by atoms with Crippen LogP contribution in [0.4, 0.5) is 5.69 Å². The van der Waals surface area contributed by atoms with Gasteiger partial charge in [-0.3, -0.25) is 19.3 Å². The zero-order chi connectivity index (χ0) is 23.5. The van der Waals surface area contributed by atoms with Crippen molar-refractivity contribution >= 4 is 23.4 Å². The van der Waals surface area contributed by atoms with Crippen molar-refractivity contribution in [1.29, 1.82) is 0 Å². The number of nitrogens with zero attached hydrogens (tertiary/aromatic N) is 1. The summed E-state index contributed by atoms with van der Waals surface area (Å²) >= 11 is 0. The van der Waals surface area contributed by atoms with Gasteiger partial charge >= 0.3 is 0 Å². The Balaban J connectivity index is 1.42. The topological polar surface area (TPSA) is 66.5 Å². The number of benzene rings is 4. The van der Waals surface area contributed by atoms with Gasteiger partial charge in [-0.2, -0.15) is 0 Å². The summed E-state index contributed by atoms with van der Waals surface area (Å²) < 4.78 is 0. The fourth-order valence-electron chi connectivity index (χ4n) is 4.23. The summed E-state index contributed by atoms with van der Waals surface area (Å²) in [5.74, 6) is -1.31. The number of hydrogen-bond acceptors (Lipinski definition) is 3. The molecule has 0 saturated heterocycles. The van der Waals surface area contributed by atoms with Gasteiger partial charge in [-0.05, 0) is 41.0 Å². The van der Waals surface area contributed by atoms with E-state index >= 15 is 0 Å². The van der Waals surface area contributed by atoms with Gasteiger partial charge in [0.05, 0.1) is 11.1 Å². The number of imide groups is 1. The van der Waals surface area contributed by atoms with Crippen LogP contribution in [0.3, 0.4) is 0 Å². The third-order valence-electron chi connectivity index (χ3n) is 5.97. The van der Waals surface area contributed by atoms with Crippen LogP contribution in [0.5, 0.6) is 0 Å². The Kier molecular flexibility index (Phi) is 5.75. The lowest BCUT2D eigenvalue weighted by atomic mass is 10.0. The van der Waals surface area contributed by atoms with Gasteiger partial charge in [0.1, 0.15) is 6.04 Å². The van der Waals surface area contributed by atoms with Crippen molar-refractivity contribution in [3.63, 3.8) is 0 Å². The highest BCUT2D eigenvalue weighted by Crippen LogP contribution is 2.27. The first kappa shape index (κ1) is 21.3. The maximum absolute atomic E-state index is 13.4. The normalized spacial score (nSPS) is 13.5. The van der Waals surface area contributed by atoms with E-state index in [0.717, 1.165) is 21.6 Å². The summed E-state index contributed by atoms with van der Waals surface area (Å²) in [6.07, 6.45) is 0.222. The summed E-state index contributed by atoms with van der Waals surface area (Å²) in [4.78, 5) is 40.8. The second-order valence-corrected chi connectivity index (χ2v) is 8.16. The maximum atomic E-state index is 13.4. The van der Waals surface area contributed by atoms with Gasteiger partial charge in [-0.25, -0.2) is 0 Å². The van der Waals surface area contributed by atoms with Crippen molar-refractivity contribution in [3.05, 3.63) is 126 Å². The minimum Gasteiger partial charge on any atom is -0.324 e. The molecule has 0 aliphatic carbocycles. The van der Waals surface area contributed by atoms with Crippen LogP contribution in [0.15, 0.2) is 109 Å². The Morgan fingerprint density at radius 1 is 0.647 bits per heavy atom. The van der Waals surface area contributed by atoms with Crippen molar-refractivity contribution in [2.75, 3.05) is 5.32 Å². The number of amides is 3. The lowest BCUT2D eigenvalue weighted by Gasteiger charge is -2.25. The Bertz CT molecular complexity index is 1310. The van der Waals surface area contributed by atoms with Crippen LogP contribution < -0.4 is 5.32 Å². The van der Waals surface area contributed by atoms with E-state index in [9.17, 15) is 14.4 Å². The number of carbonyl (C=O) groups excluding carboxylic acids is 3. The molecule has 4 aromatic carbocycles. The Hall–Kier alpha value is -4.51. The first-order valence-electron chi connectivity index (χ1n) is 11.1.